The number of nitrogens with one attached hydrogen (secondary N) is 2. The zero-order valence-corrected chi connectivity index (χ0v) is 17.3. The number of fused-ring (bicyclic) bond motifs is 1. The third-order valence-electron chi connectivity index (χ3n) is 5.52. The molecule has 1 aromatic carbocycles. The molecule has 4 rings (SSSR count). The monoisotopic (exact) mass is 423 g/mol. The molecule has 3 aromatic rings. The van der Waals surface area contributed by atoms with Crippen LogP contribution in [0.5, 0.6) is 0 Å². The van der Waals surface area contributed by atoms with E-state index in [4.69, 9.17) is 8.83 Å². The molecule has 8 heteroatoms. The molecular formula is C23H25N3O5. The van der Waals surface area contributed by atoms with E-state index in [-0.39, 0.29) is 17.7 Å². The smallest absolute Gasteiger partial charge is 0.336 e. The van der Waals surface area contributed by atoms with Gasteiger partial charge in [0, 0.05) is 42.6 Å². The topological polar surface area (TPSA) is 105 Å². The van der Waals surface area contributed by atoms with E-state index in [0.717, 1.165) is 42.6 Å². The van der Waals surface area contributed by atoms with E-state index in [1.54, 1.807) is 24.5 Å². The van der Waals surface area contributed by atoms with Crippen LogP contribution in [0.3, 0.4) is 0 Å². The molecule has 0 saturated carbocycles. The number of anilines is 1. The Morgan fingerprint density at radius 2 is 1.97 bits per heavy atom. The lowest BCUT2D eigenvalue weighted by molar-refractivity contribution is -0.126. The highest BCUT2D eigenvalue weighted by Gasteiger charge is 2.25. The van der Waals surface area contributed by atoms with Gasteiger partial charge in [0.2, 0.25) is 11.8 Å². The van der Waals surface area contributed by atoms with Gasteiger partial charge in [-0.2, -0.15) is 0 Å². The minimum absolute atomic E-state index is 0.0241. The van der Waals surface area contributed by atoms with E-state index in [0.29, 0.717) is 24.4 Å². The maximum absolute atomic E-state index is 12.4. The molecule has 0 bridgehead atoms. The van der Waals surface area contributed by atoms with E-state index in [9.17, 15) is 14.4 Å². The van der Waals surface area contributed by atoms with Crippen molar-refractivity contribution in [3.05, 3.63) is 64.4 Å². The number of piperidine rings is 1. The van der Waals surface area contributed by atoms with E-state index in [2.05, 4.69) is 15.5 Å². The SMILES string of the molecule is CC(=O)Nc1ccc2c(CN3CCC(C(=O)NCc4ccco4)CC3)cc(=O)oc2c1. The van der Waals surface area contributed by atoms with Crippen LogP contribution in [-0.4, -0.2) is 29.8 Å². The number of likely N-dealkylation sites (tertiary alicyclic amines) is 1. The number of nitrogens with zero attached hydrogens (tertiary/aromatic N) is 1. The molecule has 0 spiro atoms. The molecule has 0 unspecified atom stereocenters. The third-order valence-corrected chi connectivity index (χ3v) is 5.52. The van der Waals surface area contributed by atoms with Crippen LogP contribution in [0.4, 0.5) is 5.69 Å². The molecule has 8 nitrogen and oxygen atoms in total. The number of furan rings is 1. The van der Waals surface area contributed by atoms with E-state index in [1.165, 1.54) is 13.0 Å². The fraction of sp³-hybridized carbons (Fsp3) is 0.348. The summed E-state index contributed by atoms with van der Waals surface area (Å²) in [6, 6.07) is 10.5. The van der Waals surface area contributed by atoms with Gasteiger partial charge in [-0.1, -0.05) is 0 Å². The van der Waals surface area contributed by atoms with Crippen LogP contribution < -0.4 is 16.3 Å². The molecule has 1 aliphatic heterocycles. The summed E-state index contributed by atoms with van der Waals surface area (Å²) in [5, 5.41) is 6.47. The lowest BCUT2D eigenvalue weighted by Gasteiger charge is -2.31. The normalized spacial score (nSPS) is 15.1. The van der Waals surface area contributed by atoms with Crippen molar-refractivity contribution in [2.24, 2.45) is 5.92 Å². The fourth-order valence-corrected chi connectivity index (χ4v) is 3.97. The van der Waals surface area contributed by atoms with Gasteiger partial charge in [0.15, 0.2) is 0 Å². The molecule has 2 aromatic heterocycles. The van der Waals surface area contributed by atoms with E-state index in [1.807, 2.05) is 12.1 Å². The lowest BCUT2D eigenvalue weighted by Crippen LogP contribution is -2.40. The summed E-state index contributed by atoms with van der Waals surface area (Å²) in [6.07, 6.45) is 3.11. The van der Waals surface area contributed by atoms with Crippen LogP contribution in [0.15, 0.2) is 56.3 Å². The number of carbonyl (C=O) groups is 2. The number of amides is 2. The number of hydrogen-bond acceptors (Lipinski definition) is 6. The summed E-state index contributed by atoms with van der Waals surface area (Å²) in [5.41, 5.74) is 1.48. The number of rotatable bonds is 6. The van der Waals surface area contributed by atoms with Crippen LogP contribution in [0.2, 0.25) is 0 Å². The summed E-state index contributed by atoms with van der Waals surface area (Å²) in [7, 11) is 0. The summed E-state index contributed by atoms with van der Waals surface area (Å²) >= 11 is 0. The molecule has 1 fully saturated rings. The van der Waals surface area contributed by atoms with E-state index < -0.39 is 5.63 Å². The molecule has 3 heterocycles. The van der Waals surface area contributed by atoms with Crippen LogP contribution in [0, 0.1) is 5.92 Å². The third kappa shape index (κ3) is 5.21. The van der Waals surface area contributed by atoms with Gasteiger partial charge in [-0.3, -0.25) is 14.5 Å². The minimum atomic E-state index is -0.422. The van der Waals surface area contributed by atoms with Crippen molar-refractivity contribution >= 4 is 28.5 Å². The molecule has 2 N–H and O–H groups in total. The Kier molecular flexibility index (Phi) is 6.18. The van der Waals surface area contributed by atoms with Gasteiger partial charge in [-0.25, -0.2) is 4.79 Å². The van der Waals surface area contributed by atoms with Crippen molar-refractivity contribution in [2.45, 2.75) is 32.9 Å². The summed E-state index contributed by atoms with van der Waals surface area (Å²) < 4.78 is 10.6. The zero-order chi connectivity index (χ0) is 21.8. The predicted molar refractivity (Wildman–Crippen MR) is 115 cm³/mol. The first-order chi connectivity index (χ1) is 15.0. The summed E-state index contributed by atoms with van der Waals surface area (Å²) in [6.45, 7) is 3.97. The van der Waals surface area contributed by atoms with Crippen molar-refractivity contribution in [2.75, 3.05) is 18.4 Å². The highest BCUT2D eigenvalue weighted by atomic mass is 16.4. The average molecular weight is 423 g/mol. The second kappa shape index (κ2) is 9.18. The van der Waals surface area contributed by atoms with Crippen LogP contribution in [0.25, 0.3) is 11.0 Å². The average Bonchev–Trinajstić information content (AvgIpc) is 3.25. The maximum Gasteiger partial charge on any atom is 0.336 e. The highest BCUT2D eigenvalue weighted by Crippen LogP contribution is 2.25. The van der Waals surface area contributed by atoms with Gasteiger partial charge < -0.3 is 19.5 Å². The number of benzene rings is 1. The van der Waals surface area contributed by atoms with E-state index >= 15 is 0 Å². The predicted octanol–water partition coefficient (Wildman–Crippen LogP) is 2.87. The number of hydrogen-bond donors (Lipinski definition) is 2. The van der Waals surface area contributed by atoms with Gasteiger partial charge >= 0.3 is 5.63 Å². The molecular weight excluding hydrogens is 398 g/mol. The van der Waals surface area contributed by atoms with Gasteiger partial charge in [0.1, 0.15) is 11.3 Å². The van der Waals surface area contributed by atoms with Crippen molar-refractivity contribution in [1.29, 1.82) is 0 Å². The summed E-state index contributed by atoms with van der Waals surface area (Å²) in [5.74, 6) is 0.576. The van der Waals surface area contributed by atoms with Crippen molar-refractivity contribution in [3.8, 4) is 0 Å². The first-order valence-electron chi connectivity index (χ1n) is 10.3. The quantitative estimate of drug-likeness (QED) is 0.591. The Morgan fingerprint density at radius 1 is 1.16 bits per heavy atom. The largest absolute Gasteiger partial charge is 0.467 e. The Morgan fingerprint density at radius 3 is 2.68 bits per heavy atom. The Hall–Kier alpha value is -3.39. The molecule has 1 saturated heterocycles. The van der Waals surface area contributed by atoms with Crippen LogP contribution in [0.1, 0.15) is 31.1 Å². The molecule has 162 valence electrons. The first-order valence-corrected chi connectivity index (χ1v) is 10.3. The molecule has 0 aliphatic carbocycles. The minimum Gasteiger partial charge on any atom is -0.467 e. The van der Waals surface area contributed by atoms with Crippen molar-refractivity contribution in [1.82, 2.24) is 10.2 Å². The van der Waals surface area contributed by atoms with Crippen molar-refractivity contribution < 1.29 is 18.4 Å². The second-order valence-corrected chi connectivity index (χ2v) is 7.83. The molecule has 0 atom stereocenters. The standard InChI is InChI=1S/C23H25N3O5/c1-15(27)25-18-4-5-20-17(11-22(28)31-21(20)12-18)14-26-8-6-16(7-9-26)23(29)24-13-19-3-2-10-30-19/h2-5,10-12,16H,6-9,13-14H2,1H3,(H,24,29)(H,25,27). The van der Waals surface area contributed by atoms with Gasteiger partial charge in [-0.05, 0) is 55.8 Å². The Labute approximate surface area is 179 Å². The second-order valence-electron chi connectivity index (χ2n) is 7.83. The highest BCUT2D eigenvalue weighted by molar-refractivity contribution is 5.92. The fourth-order valence-electron chi connectivity index (χ4n) is 3.97. The Balaban J connectivity index is 1.38. The molecule has 1 aliphatic rings. The van der Waals surface area contributed by atoms with Gasteiger partial charge in [0.05, 0.1) is 12.8 Å². The van der Waals surface area contributed by atoms with Crippen LogP contribution >= 0.6 is 0 Å². The first kappa shape index (κ1) is 20.9. The summed E-state index contributed by atoms with van der Waals surface area (Å²) in [4.78, 5) is 38.0. The van der Waals surface area contributed by atoms with Gasteiger partial charge in [0.25, 0.3) is 0 Å². The van der Waals surface area contributed by atoms with Gasteiger partial charge in [-0.15, -0.1) is 0 Å². The lowest BCUT2D eigenvalue weighted by atomic mass is 9.95. The van der Waals surface area contributed by atoms with Crippen LogP contribution in [-0.2, 0) is 22.7 Å². The number of carbonyl (C=O) groups excluding carboxylic acids is 2. The Bertz CT molecular complexity index is 1130. The van der Waals surface area contributed by atoms with Crippen molar-refractivity contribution in [3.63, 3.8) is 0 Å². The molecule has 2 amide bonds. The zero-order valence-electron chi connectivity index (χ0n) is 17.3. The maximum atomic E-state index is 12.4. The molecule has 31 heavy (non-hydrogen) atoms. The molecule has 0 radical (unpaired) electrons.